The number of hydrogen-bond acceptors (Lipinski definition) is 4. The van der Waals surface area contributed by atoms with Crippen molar-refractivity contribution in [2.75, 3.05) is 25.7 Å². The Bertz CT molecular complexity index is 450. The molecule has 2 rings (SSSR count). The van der Waals surface area contributed by atoms with E-state index >= 15 is 0 Å². The number of nitrogens with one attached hydrogen (secondary N) is 1. The average molecular weight is 295 g/mol. The summed E-state index contributed by atoms with van der Waals surface area (Å²) in [7, 11) is 1.74. The first-order valence-electron chi connectivity index (χ1n) is 7.20. The van der Waals surface area contributed by atoms with Crippen molar-refractivity contribution in [1.29, 1.82) is 0 Å². The maximum Gasteiger partial charge on any atom is 0.123 e. The van der Waals surface area contributed by atoms with Crippen LogP contribution < -0.4 is 14.8 Å². The van der Waals surface area contributed by atoms with Crippen molar-refractivity contribution < 1.29 is 9.47 Å². The zero-order valence-electron chi connectivity index (χ0n) is 12.9. The lowest BCUT2D eigenvalue weighted by Gasteiger charge is -2.14. The molecule has 0 fully saturated rings. The van der Waals surface area contributed by atoms with E-state index in [2.05, 4.69) is 37.6 Å². The van der Waals surface area contributed by atoms with Crippen molar-refractivity contribution in [2.24, 2.45) is 5.92 Å². The molecule has 0 aliphatic carbocycles. The Morgan fingerprint density at radius 2 is 2.30 bits per heavy atom. The van der Waals surface area contributed by atoms with Crippen LogP contribution in [0.4, 0.5) is 0 Å². The number of thioether (sulfide) groups is 1. The summed E-state index contributed by atoms with van der Waals surface area (Å²) < 4.78 is 11.3. The van der Waals surface area contributed by atoms with E-state index in [-0.39, 0.29) is 6.10 Å². The Labute approximate surface area is 126 Å². The molecule has 2 unspecified atom stereocenters. The van der Waals surface area contributed by atoms with Crippen molar-refractivity contribution in [3.05, 3.63) is 23.3 Å². The molecule has 0 radical (unpaired) electrons. The second kappa shape index (κ2) is 7.23. The molecule has 1 heterocycles. The molecule has 4 heteroatoms. The van der Waals surface area contributed by atoms with Gasteiger partial charge in [-0.3, -0.25) is 0 Å². The Balaban J connectivity index is 1.99. The van der Waals surface area contributed by atoms with E-state index in [1.165, 1.54) is 16.9 Å². The third-order valence-electron chi connectivity index (χ3n) is 3.56. The highest BCUT2D eigenvalue weighted by atomic mass is 32.2. The minimum Gasteiger partial charge on any atom is -0.496 e. The van der Waals surface area contributed by atoms with E-state index in [9.17, 15) is 0 Å². The van der Waals surface area contributed by atoms with E-state index in [0.717, 1.165) is 31.0 Å². The van der Waals surface area contributed by atoms with Crippen LogP contribution in [0.15, 0.2) is 12.1 Å². The Kier molecular flexibility index (Phi) is 5.61. The third-order valence-corrected chi connectivity index (χ3v) is 4.46. The maximum absolute atomic E-state index is 5.83. The molecule has 1 N–H and O–H groups in total. The lowest BCUT2D eigenvalue weighted by Crippen LogP contribution is -2.22. The van der Waals surface area contributed by atoms with Crippen molar-refractivity contribution in [3.8, 4) is 11.5 Å². The first-order valence-corrected chi connectivity index (χ1v) is 8.59. The quantitative estimate of drug-likeness (QED) is 0.837. The van der Waals surface area contributed by atoms with Crippen LogP contribution in [-0.4, -0.2) is 31.8 Å². The fraction of sp³-hybridized carbons (Fsp3) is 0.625. The molecule has 20 heavy (non-hydrogen) atoms. The smallest absolute Gasteiger partial charge is 0.123 e. The van der Waals surface area contributed by atoms with Gasteiger partial charge in [-0.05, 0) is 43.5 Å². The van der Waals surface area contributed by atoms with Gasteiger partial charge in [0.15, 0.2) is 0 Å². The predicted molar refractivity (Wildman–Crippen MR) is 86.0 cm³/mol. The van der Waals surface area contributed by atoms with Gasteiger partial charge in [0, 0.05) is 24.1 Å². The van der Waals surface area contributed by atoms with Crippen molar-refractivity contribution in [1.82, 2.24) is 5.32 Å². The maximum atomic E-state index is 5.83. The van der Waals surface area contributed by atoms with E-state index < -0.39 is 0 Å². The van der Waals surface area contributed by atoms with Gasteiger partial charge in [0.1, 0.15) is 17.6 Å². The number of benzene rings is 1. The van der Waals surface area contributed by atoms with E-state index in [0.29, 0.717) is 5.92 Å². The molecule has 0 bridgehead atoms. The fourth-order valence-corrected chi connectivity index (χ4v) is 3.29. The van der Waals surface area contributed by atoms with Crippen LogP contribution in [0.5, 0.6) is 11.5 Å². The first-order chi connectivity index (χ1) is 9.63. The molecule has 1 aromatic carbocycles. The fourth-order valence-electron chi connectivity index (χ4n) is 2.61. The van der Waals surface area contributed by atoms with Crippen molar-refractivity contribution >= 4 is 11.8 Å². The van der Waals surface area contributed by atoms with Gasteiger partial charge in [0.25, 0.3) is 0 Å². The topological polar surface area (TPSA) is 30.5 Å². The van der Waals surface area contributed by atoms with E-state index in [4.69, 9.17) is 9.47 Å². The van der Waals surface area contributed by atoms with Gasteiger partial charge >= 0.3 is 0 Å². The minimum absolute atomic E-state index is 0.277. The largest absolute Gasteiger partial charge is 0.496 e. The predicted octanol–water partition coefficient (Wildman–Crippen LogP) is 3.11. The Morgan fingerprint density at radius 3 is 3.00 bits per heavy atom. The van der Waals surface area contributed by atoms with Gasteiger partial charge in [-0.1, -0.05) is 6.92 Å². The number of rotatable bonds is 7. The van der Waals surface area contributed by atoms with Gasteiger partial charge in [-0.2, -0.15) is 11.8 Å². The summed E-state index contributed by atoms with van der Waals surface area (Å²) >= 11 is 1.90. The van der Waals surface area contributed by atoms with Crippen LogP contribution in [0.1, 0.15) is 25.0 Å². The molecule has 1 aromatic rings. The van der Waals surface area contributed by atoms with Crippen LogP contribution in [0.2, 0.25) is 0 Å². The SMILES string of the molecule is COc1cc2c(cc1CNCC(C)CSC)OC(C)C2. The summed E-state index contributed by atoms with van der Waals surface area (Å²) in [5.41, 5.74) is 2.44. The normalized spacial score (nSPS) is 18.5. The summed E-state index contributed by atoms with van der Waals surface area (Å²) in [5, 5.41) is 3.51. The Morgan fingerprint density at radius 1 is 1.50 bits per heavy atom. The number of ether oxygens (including phenoxy) is 2. The first kappa shape index (κ1) is 15.5. The summed E-state index contributed by atoms with van der Waals surface area (Å²) in [5.74, 6) is 3.86. The molecular weight excluding hydrogens is 270 g/mol. The molecule has 112 valence electrons. The number of hydrogen-bond donors (Lipinski definition) is 1. The number of fused-ring (bicyclic) bond motifs is 1. The van der Waals surface area contributed by atoms with E-state index in [1.54, 1.807) is 7.11 Å². The minimum atomic E-state index is 0.277. The van der Waals surface area contributed by atoms with Crippen molar-refractivity contribution in [3.63, 3.8) is 0 Å². The molecule has 0 aromatic heterocycles. The molecule has 0 amide bonds. The third kappa shape index (κ3) is 3.83. The average Bonchev–Trinajstić information content (AvgIpc) is 2.77. The summed E-state index contributed by atoms with van der Waals surface area (Å²) in [6, 6.07) is 4.26. The van der Waals surface area contributed by atoms with Gasteiger partial charge in [-0.25, -0.2) is 0 Å². The van der Waals surface area contributed by atoms with Crippen LogP contribution in [0.25, 0.3) is 0 Å². The lowest BCUT2D eigenvalue weighted by molar-refractivity contribution is 0.254. The highest BCUT2D eigenvalue weighted by molar-refractivity contribution is 7.98. The molecule has 3 nitrogen and oxygen atoms in total. The van der Waals surface area contributed by atoms with Crippen LogP contribution in [-0.2, 0) is 13.0 Å². The second-order valence-corrected chi connectivity index (χ2v) is 6.51. The molecular formula is C16H25NO2S. The molecule has 0 saturated heterocycles. The molecule has 2 atom stereocenters. The lowest BCUT2D eigenvalue weighted by atomic mass is 10.1. The van der Waals surface area contributed by atoms with Gasteiger partial charge < -0.3 is 14.8 Å². The van der Waals surface area contributed by atoms with Crippen molar-refractivity contribution in [2.45, 2.75) is 32.9 Å². The van der Waals surface area contributed by atoms with Gasteiger partial charge in [0.05, 0.1) is 7.11 Å². The van der Waals surface area contributed by atoms with Gasteiger partial charge in [0.2, 0.25) is 0 Å². The summed E-state index contributed by atoms with van der Waals surface area (Å²) in [6.45, 7) is 6.23. The Hall–Kier alpha value is -0.870. The standard InChI is InChI=1S/C16H25NO2S/c1-11(10-20-4)8-17-9-14-7-16-13(5-12(2)19-16)6-15(14)18-3/h6-7,11-12,17H,5,8-10H2,1-4H3. The highest BCUT2D eigenvalue weighted by Gasteiger charge is 2.21. The zero-order chi connectivity index (χ0) is 14.5. The number of methoxy groups -OCH3 is 1. The van der Waals surface area contributed by atoms with Crippen LogP contribution in [0, 0.1) is 5.92 Å². The van der Waals surface area contributed by atoms with Crippen LogP contribution in [0.3, 0.4) is 0 Å². The summed E-state index contributed by atoms with van der Waals surface area (Å²) in [6.07, 6.45) is 3.40. The second-order valence-electron chi connectivity index (χ2n) is 5.60. The highest BCUT2D eigenvalue weighted by Crippen LogP contribution is 2.34. The van der Waals surface area contributed by atoms with Gasteiger partial charge in [-0.15, -0.1) is 0 Å². The molecule has 1 aliphatic rings. The molecule has 0 saturated carbocycles. The zero-order valence-corrected chi connectivity index (χ0v) is 13.7. The molecule has 1 aliphatic heterocycles. The van der Waals surface area contributed by atoms with E-state index in [1.807, 2.05) is 11.8 Å². The summed E-state index contributed by atoms with van der Waals surface area (Å²) in [4.78, 5) is 0. The van der Waals surface area contributed by atoms with Crippen LogP contribution >= 0.6 is 11.8 Å². The monoisotopic (exact) mass is 295 g/mol. The molecule has 0 spiro atoms.